The molecule has 1 aromatic carbocycles. The van der Waals surface area contributed by atoms with E-state index in [1.807, 2.05) is 12.1 Å². The van der Waals surface area contributed by atoms with Crippen molar-refractivity contribution in [2.45, 2.75) is 25.3 Å². The highest BCUT2D eigenvalue weighted by molar-refractivity contribution is 6.30. The molecule has 0 radical (unpaired) electrons. The molecule has 1 aromatic rings. The monoisotopic (exact) mass is 282 g/mol. The minimum absolute atomic E-state index is 0.188. The van der Waals surface area contributed by atoms with Gasteiger partial charge < -0.3 is 5.32 Å². The second-order valence-corrected chi connectivity index (χ2v) is 6.03. The van der Waals surface area contributed by atoms with E-state index in [0.29, 0.717) is 0 Å². The lowest BCUT2D eigenvalue weighted by Gasteiger charge is -2.35. The highest BCUT2D eigenvalue weighted by Crippen LogP contribution is 2.41. The van der Waals surface area contributed by atoms with Crippen LogP contribution in [0.1, 0.15) is 30.9 Å². The number of piperazine rings is 1. The predicted molar refractivity (Wildman–Crippen MR) is 75.9 cm³/mol. The van der Waals surface area contributed by atoms with Gasteiger partial charge in [0.15, 0.2) is 0 Å². The lowest BCUT2D eigenvalue weighted by Crippen LogP contribution is -2.45. The quantitative estimate of drug-likeness (QED) is 0.912. The van der Waals surface area contributed by atoms with Crippen LogP contribution in [0.5, 0.6) is 0 Å². The minimum Gasteiger partial charge on any atom is -0.314 e. The first-order valence-corrected chi connectivity index (χ1v) is 7.52. The SMILES string of the molecule is Fc1c(Cl)cccc1[C@@H](CC1CC1)N1CCNCC1. The molecule has 2 aliphatic rings. The summed E-state index contributed by atoms with van der Waals surface area (Å²) in [4.78, 5) is 2.41. The third-order valence-electron chi connectivity index (χ3n) is 4.19. The Kier molecular flexibility index (Phi) is 4.06. The molecule has 2 fully saturated rings. The van der Waals surface area contributed by atoms with E-state index in [2.05, 4.69) is 10.2 Å². The molecule has 4 heteroatoms. The van der Waals surface area contributed by atoms with Crippen molar-refractivity contribution in [1.82, 2.24) is 10.2 Å². The van der Waals surface area contributed by atoms with Gasteiger partial charge in [-0.1, -0.05) is 36.6 Å². The van der Waals surface area contributed by atoms with Crippen LogP contribution in [0, 0.1) is 11.7 Å². The normalized spacial score (nSPS) is 22.4. The van der Waals surface area contributed by atoms with Crippen LogP contribution in [0.25, 0.3) is 0 Å². The zero-order valence-corrected chi connectivity index (χ0v) is 11.8. The molecule has 1 N–H and O–H groups in total. The fourth-order valence-corrected chi connectivity index (χ4v) is 3.10. The smallest absolute Gasteiger partial charge is 0.146 e. The van der Waals surface area contributed by atoms with Crippen molar-refractivity contribution in [3.05, 3.63) is 34.6 Å². The number of rotatable bonds is 4. The first-order chi connectivity index (χ1) is 9.25. The Morgan fingerprint density at radius 3 is 2.74 bits per heavy atom. The van der Waals surface area contributed by atoms with Crippen molar-refractivity contribution in [2.24, 2.45) is 5.92 Å². The van der Waals surface area contributed by atoms with Crippen molar-refractivity contribution in [1.29, 1.82) is 0 Å². The van der Waals surface area contributed by atoms with Crippen molar-refractivity contribution >= 4 is 11.6 Å². The lowest BCUT2D eigenvalue weighted by atomic mass is 9.98. The van der Waals surface area contributed by atoms with Crippen molar-refractivity contribution in [3.63, 3.8) is 0 Å². The summed E-state index contributed by atoms with van der Waals surface area (Å²) in [5.74, 6) is 0.548. The van der Waals surface area contributed by atoms with Gasteiger partial charge in [-0.25, -0.2) is 4.39 Å². The summed E-state index contributed by atoms with van der Waals surface area (Å²) < 4.78 is 14.3. The third-order valence-corrected chi connectivity index (χ3v) is 4.48. The van der Waals surface area contributed by atoms with E-state index in [4.69, 9.17) is 11.6 Å². The van der Waals surface area contributed by atoms with Crippen LogP contribution in [0.15, 0.2) is 18.2 Å². The Morgan fingerprint density at radius 2 is 2.05 bits per heavy atom. The van der Waals surface area contributed by atoms with Crippen molar-refractivity contribution in [3.8, 4) is 0 Å². The number of nitrogens with one attached hydrogen (secondary N) is 1. The second-order valence-electron chi connectivity index (χ2n) is 5.62. The van der Waals surface area contributed by atoms with Gasteiger partial charge >= 0.3 is 0 Å². The molecule has 1 saturated heterocycles. The first-order valence-electron chi connectivity index (χ1n) is 7.14. The third kappa shape index (κ3) is 3.10. The zero-order chi connectivity index (χ0) is 13.2. The summed E-state index contributed by atoms with van der Waals surface area (Å²) in [6.07, 6.45) is 3.66. The molecule has 0 aromatic heterocycles. The molecule has 104 valence electrons. The molecular formula is C15H20ClFN2. The summed E-state index contributed by atoms with van der Waals surface area (Å²) in [5, 5.41) is 3.60. The van der Waals surface area contributed by atoms with Gasteiger partial charge in [0.1, 0.15) is 5.82 Å². The molecule has 1 heterocycles. The Bertz CT molecular complexity index is 442. The number of hydrogen-bond acceptors (Lipinski definition) is 2. The van der Waals surface area contributed by atoms with E-state index < -0.39 is 0 Å². The van der Waals surface area contributed by atoms with E-state index in [1.165, 1.54) is 12.8 Å². The van der Waals surface area contributed by atoms with E-state index in [9.17, 15) is 4.39 Å². The van der Waals surface area contributed by atoms with Crippen LogP contribution in [-0.4, -0.2) is 31.1 Å². The van der Waals surface area contributed by atoms with E-state index in [-0.39, 0.29) is 16.9 Å². The van der Waals surface area contributed by atoms with E-state index in [1.54, 1.807) is 6.07 Å². The molecule has 0 unspecified atom stereocenters. The van der Waals surface area contributed by atoms with Crippen LogP contribution < -0.4 is 5.32 Å². The highest BCUT2D eigenvalue weighted by atomic mass is 35.5. The number of benzene rings is 1. The molecule has 2 nitrogen and oxygen atoms in total. The molecule has 1 aliphatic carbocycles. The van der Waals surface area contributed by atoms with Crippen LogP contribution in [0.4, 0.5) is 4.39 Å². The van der Waals surface area contributed by atoms with Gasteiger partial charge in [-0.2, -0.15) is 0 Å². The predicted octanol–water partition coefficient (Wildman–Crippen LogP) is 3.23. The molecule has 1 atom stereocenters. The molecule has 0 spiro atoms. The summed E-state index contributed by atoms with van der Waals surface area (Å²) in [5.41, 5.74) is 0.779. The molecule has 0 bridgehead atoms. The molecular weight excluding hydrogens is 263 g/mol. The highest BCUT2D eigenvalue weighted by Gasteiger charge is 2.32. The molecule has 1 saturated carbocycles. The Hall–Kier alpha value is -0.640. The van der Waals surface area contributed by atoms with Crippen LogP contribution >= 0.6 is 11.6 Å². The maximum Gasteiger partial charge on any atom is 0.146 e. The molecule has 0 amide bonds. The van der Waals surface area contributed by atoms with Gasteiger partial charge in [-0.3, -0.25) is 4.90 Å². The van der Waals surface area contributed by atoms with Gasteiger partial charge in [-0.15, -0.1) is 0 Å². The summed E-state index contributed by atoms with van der Waals surface area (Å²) in [6.45, 7) is 3.96. The molecule has 3 rings (SSSR count). The summed E-state index contributed by atoms with van der Waals surface area (Å²) in [7, 11) is 0. The Balaban J connectivity index is 1.86. The van der Waals surface area contributed by atoms with Gasteiger partial charge in [-0.05, 0) is 18.4 Å². The van der Waals surface area contributed by atoms with Crippen molar-refractivity contribution < 1.29 is 4.39 Å². The van der Waals surface area contributed by atoms with Crippen LogP contribution in [-0.2, 0) is 0 Å². The summed E-state index contributed by atoms with van der Waals surface area (Å²) in [6, 6.07) is 5.58. The number of halogens is 2. The topological polar surface area (TPSA) is 15.3 Å². The molecule has 1 aliphatic heterocycles. The van der Waals surface area contributed by atoms with Crippen LogP contribution in [0.3, 0.4) is 0 Å². The number of nitrogens with zero attached hydrogens (tertiary/aromatic N) is 1. The van der Waals surface area contributed by atoms with Gasteiger partial charge in [0, 0.05) is 37.8 Å². The van der Waals surface area contributed by atoms with Gasteiger partial charge in [0.05, 0.1) is 5.02 Å². The van der Waals surface area contributed by atoms with E-state index >= 15 is 0 Å². The average Bonchev–Trinajstić information content (AvgIpc) is 3.25. The van der Waals surface area contributed by atoms with Crippen LogP contribution in [0.2, 0.25) is 5.02 Å². The second kappa shape index (κ2) is 5.78. The largest absolute Gasteiger partial charge is 0.314 e. The fraction of sp³-hybridized carbons (Fsp3) is 0.600. The fourth-order valence-electron chi connectivity index (χ4n) is 2.91. The zero-order valence-electron chi connectivity index (χ0n) is 11.0. The van der Waals surface area contributed by atoms with E-state index in [0.717, 1.165) is 44.1 Å². The minimum atomic E-state index is -0.228. The van der Waals surface area contributed by atoms with Gasteiger partial charge in [0.2, 0.25) is 0 Å². The Morgan fingerprint density at radius 1 is 1.32 bits per heavy atom. The standard InChI is InChI=1S/C15H20ClFN2/c16-13-3-1-2-12(15(13)17)14(10-11-4-5-11)19-8-6-18-7-9-19/h1-3,11,14,18H,4-10H2/t14-/m1/s1. The summed E-state index contributed by atoms with van der Waals surface area (Å²) >= 11 is 5.94. The van der Waals surface area contributed by atoms with Crippen molar-refractivity contribution in [2.75, 3.05) is 26.2 Å². The maximum absolute atomic E-state index is 14.3. The lowest BCUT2D eigenvalue weighted by molar-refractivity contribution is 0.157. The number of hydrogen-bond donors (Lipinski definition) is 1. The maximum atomic E-state index is 14.3. The Labute approximate surface area is 118 Å². The van der Waals surface area contributed by atoms with Gasteiger partial charge in [0.25, 0.3) is 0 Å². The average molecular weight is 283 g/mol. The first kappa shape index (κ1) is 13.3. The molecule has 19 heavy (non-hydrogen) atoms.